The van der Waals surface area contributed by atoms with Gasteiger partial charge in [-0.2, -0.15) is 13.2 Å². The van der Waals surface area contributed by atoms with E-state index in [1.54, 1.807) is 48.2 Å². The van der Waals surface area contributed by atoms with Gasteiger partial charge >= 0.3 is 6.18 Å². The molecule has 0 aliphatic carbocycles. The fraction of sp³-hybridized carbons (Fsp3) is 0.412. The zero-order valence-corrected chi connectivity index (χ0v) is 24.7. The molecule has 5 nitrogen and oxygen atoms in total. The zero-order chi connectivity index (χ0) is 30.9. The number of carbonyl (C=O) groups is 2. The van der Waals surface area contributed by atoms with Gasteiger partial charge in [-0.25, -0.2) is 4.39 Å². The van der Waals surface area contributed by atoms with Crippen LogP contribution in [0.4, 0.5) is 23.2 Å². The Bertz CT molecular complexity index is 1470. The molecule has 2 heterocycles. The van der Waals surface area contributed by atoms with Crippen molar-refractivity contribution < 1.29 is 27.2 Å². The molecule has 3 unspecified atom stereocenters. The standard InChI is InChI=1S/C34H37F4N3O2/c1-21-11-16-26(19-23(21)3)39-32(42)27-8-5-18-41(33(43)30-22(2)7-4-9-28(30)35)31(27)25-14-12-24(13-15-25)20-40-17-6-10-29(40)34(36,37)38/h4,7,9,11-16,19,27,29,31H,5-6,8,10,17-18,20H2,1-3H3,(H,39,42). The van der Waals surface area contributed by atoms with Gasteiger partial charge in [0.2, 0.25) is 5.91 Å². The summed E-state index contributed by atoms with van der Waals surface area (Å²) in [5.41, 5.74) is 4.67. The number of piperidine rings is 1. The number of alkyl halides is 3. The summed E-state index contributed by atoms with van der Waals surface area (Å²) in [4.78, 5) is 30.7. The maximum atomic E-state index is 14.9. The molecule has 0 bridgehead atoms. The van der Waals surface area contributed by atoms with Crippen molar-refractivity contribution in [1.29, 1.82) is 0 Å². The Hall–Kier alpha value is -3.72. The molecule has 2 saturated heterocycles. The highest BCUT2D eigenvalue weighted by molar-refractivity contribution is 5.98. The SMILES string of the molecule is Cc1ccc(NC(=O)C2CCCN(C(=O)c3c(C)cccc3F)C2c2ccc(CN3CCCC3C(F)(F)F)cc2)cc1C. The maximum Gasteiger partial charge on any atom is 0.404 e. The van der Waals surface area contributed by atoms with E-state index in [2.05, 4.69) is 5.32 Å². The molecule has 5 rings (SSSR count). The van der Waals surface area contributed by atoms with E-state index in [1.807, 2.05) is 32.0 Å². The molecule has 2 amide bonds. The van der Waals surface area contributed by atoms with Gasteiger partial charge in [0.05, 0.1) is 17.5 Å². The highest BCUT2D eigenvalue weighted by atomic mass is 19.4. The van der Waals surface area contributed by atoms with Gasteiger partial charge in [-0.1, -0.05) is 42.5 Å². The van der Waals surface area contributed by atoms with Gasteiger partial charge in [-0.05, 0) is 99.0 Å². The van der Waals surface area contributed by atoms with E-state index >= 15 is 0 Å². The molecule has 0 radical (unpaired) electrons. The van der Waals surface area contributed by atoms with Gasteiger partial charge < -0.3 is 10.2 Å². The lowest BCUT2D eigenvalue weighted by Crippen LogP contribution is -2.46. The van der Waals surface area contributed by atoms with Crippen LogP contribution in [0.5, 0.6) is 0 Å². The minimum atomic E-state index is -4.28. The number of aryl methyl sites for hydroxylation is 3. The Labute approximate surface area is 249 Å². The number of nitrogens with one attached hydrogen (secondary N) is 1. The molecule has 3 atom stereocenters. The number of carbonyl (C=O) groups excluding carboxylic acids is 2. The second-order valence-electron chi connectivity index (χ2n) is 11.8. The predicted molar refractivity (Wildman–Crippen MR) is 158 cm³/mol. The van der Waals surface area contributed by atoms with E-state index in [0.717, 1.165) is 16.7 Å². The van der Waals surface area contributed by atoms with Crippen LogP contribution in [0.2, 0.25) is 0 Å². The molecule has 0 saturated carbocycles. The third kappa shape index (κ3) is 6.61. The summed E-state index contributed by atoms with van der Waals surface area (Å²) in [6.45, 7) is 6.51. The summed E-state index contributed by atoms with van der Waals surface area (Å²) in [5, 5.41) is 3.02. The van der Waals surface area contributed by atoms with Crippen molar-refractivity contribution in [3.8, 4) is 0 Å². The Morgan fingerprint density at radius 2 is 1.60 bits per heavy atom. The molecular formula is C34H37F4N3O2. The fourth-order valence-corrected chi connectivity index (χ4v) is 6.45. The van der Waals surface area contributed by atoms with Gasteiger partial charge in [0.25, 0.3) is 5.91 Å². The van der Waals surface area contributed by atoms with E-state index in [9.17, 15) is 27.2 Å². The van der Waals surface area contributed by atoms with Gasteiger partial charge in [-0.3, -0.25) is 14.5 Å². The summed E-state index contributed by atoms with van der Waals surface area (Å²) in [7, 11) is 0. The van der Waals surface area contributed by atoms with Gasteiger partial charge in [0, 0.05) is 18.8 Å². The highest BCUT2D eigenvalue weighted by Gasteiger charge is 2.46. The number of likely N-dealkylation sites (tertiary alicyclic amines) is 2. The van der Waals surface area contributed by atoms with E-state index < -0.39 is 35.9 Å². The number of halogens is 4. The average molecular weight is 596 g/mol. The average Bonchev–Trinajstić information content (AvgIpc) is 3.44. The molecule has 3 aromatic carbocycles. The molecule has 43 heavy (non-hydrogen) atoms. The van der Waals surface area contributed by atoms with Gasteiger partial charge in [0.1, 0.15) is 11.9 Å². The summed E-state index contributed by atoms with van der Waals surface area (Å²) in [6, 6.07) is 15.1. The Morgan fingerprint density at radius 1 is 0.884 bits per heavy atom. The Kier molecular flexibility index (Phi) is 8.92. The van der Waals surface area contributed by atoms with Crippen LogP contribution in [0.1, 0.15) is 69.9 Å². The first-order valence-corrected chi connectivity index (χ1v) is 14.8. The predicted octanol–water partition coefficient (Wildman–Crippen LogP) is 7.51. The second-order valence-corrected chi connectivity index (χ2v) is 11.8. The van der Waals surface area contributed by atoms with Crippen LogP contribution in [0.25, 0.3) is 0 Å². The highest BCUT2D eigenvalue weighted by Crippen LogP contribution is 2.39. The number of amides is 2. The number of nitrogens with zero attached hydrogens (tertiary/aromatic N) is 2. The monoisotopic (exact) mass is 595 g/mol. The topological polar surface area (TPSA) is 52.7 Å². The number of hydrogen-bond acceptors (Lipinski definition) is 3. The minimum absolute atomic E-state index is 0.0217. The van der Waals surface area contributed by atoms with E-state index in [-0.39, 0.29) is 24.4 Å². The van der Waals surface area contributed by atoms with Crippen molar-refractivity contribution in [3.63, 3.8) is 0 Å². The van der Waals surface area contributed by atoms with Crippen LogP contribution in [0.3, 0.4) is 0 Å². The quantitative estimate of drug-likeness (QED) is 0.300. The molecule has 9 heteroatoms. The lowest BCUT2D eigenvalue weighted by molar-refractivity contribution is -0.177. The van der Waals surface area contributed by atoms with Crippen molar-refractivity contribution in [3.05, 3.63) is 99.9 Å². The maximum absolute atomic E-state index is 14.9. The van der Waals surface area contributed by atoms with Crippen LogP contribution in [0.15, 0.2) is 60.7 Å². The van der Waals surface area contributed by atoms with Gasteiger partial charge in [-0.15, -0.1) is 0 Å². The number of rotatable bonds is 6. The smallest absolute Gasteiger partial charge is 0.331 e. The lowest BCUT2D eigenvalue weighted by Gasteiger charge is -2.41. The first-order valence-electron chi connectivity index (χ1n) is 14.8. The molecule has 2 aliphatic heterocycles. The number of anilines is 1. The van der Waals surface area contributed by atoms with Crippen LogP contribution < -0.4 is 5.32 Å². The molecule has 228 valence electrons. The molecule has 0 aromatic heterocycles. The summed E-state index contributed by atoms with van der Waals surface area (Å²) in [6.07, 6.45) is -2.61. The number of hydrogen-bond donors (Lipinski definition) is 1. The lowest BCUT2D eigenvalue weighted by atomic mass is 9.83. The van der Waals surface area contributed by atoms with E-state index in [0.29, 0.717) is 49.2 Å². The van der Waals surface area contributed by atoms with Crippen molar-refractivity contribution in [2.75, 3.05) is 18.4 Å². The molecule has 2 aliphatic rings. The fourth-order valence-electron chi connectivity index (χ4n) is 6.45. The minimum Gasteiger partial charge on any atom is -0.331 e. The molecular weight excluding hydrogens is 558 g/mol. The van der Waals surface area contributed by atoms with Crippen LogP contribution in [-0.2, 0) is 11.3 Å². The Morgan fingerprint density at radius 3 is 2.28 bits per heavy atom. The summed E-state index contributed by atoms with van der Waals surface area (Å²) < 4.78 is 55.5. The van der Waals surface area contributed by atoms with Gasteiger partial charge in [0.15, 0.2) is 0 Å². The zero-order valence-electron chi connectivity index (χ0n) is 24.7. The van der Waals surface area contributed by atoms with Crippen molar-refractivity contribution in [1.82, 2.24) is 9.80 Å². The van der Waals surface area contributed by atoms with Crippen molar-refractivity contribution in [2.24, 2.45) is 5.92 Å². The van der Waals surface area contributed by atoms with Crippen molar-refractivity contribution in [2.45, 2.75) is 71.3 Å². The van der Waals surface area contributed by atoms with E-state index in [4.69, 9.17) is 0 Å². The summed E-state index contributed by atoms with van der Waals surface area (Å²) in [5.74, 6) is -1.97. The molecule has 0 spiro atoms. The van der Waals surface area contributed by atoms with Crippen LogP contribution in [-0.4, -0.2) is 46.9 Å². The largest absolute Gasteiger partial charge is 0.404 e. The van der Waals surface area contributed by atoms with Crippen molar-refractivity contribution >= 4 is 17.5 Å². The van der Waals surface area contributed by atoms with Crippen LogP contribution in [0, 0.1) is 32.5 Å². The molecule has 3 aromatic rings. The van der Waals surface area contributed by atoms with E-state index in [1.165, 1.54) is 11.0 Å². The van der Waals surface area contributed by atoms with Crippen LogP contribution >= 0.6 is 0 Å². The summed E-state index contributed by atoms with van der Waals surface area (Å²) >= 11 is 0. The number of benzene rings is 3. The normalized spacial score (nSPS) is 21.2. The third-order valence-corrected chi connectivity index (χ3v) is 8.89. The second kappa shape index (κ2) is 12.5. The first kappa shape index (κ1) is 30.7. The third-order valence-electron chi connectivity index (χ3n) is 8.89. The first-order chi connectivity index (χ1) is 20.4. The molecule has 2 fully saturated rings. The molecule has 1 N–H and O–H groups in total. The Balaban J connectivity index is 1.46.